The second-order valence-electron chi connectivity index (χ2n) is 5.33. The van der Waals surface area contributed by atoms with Crippen molar-refractivity contribution in [3.05, 3.63) is 41.4 Å². The first-order valence-electron chi connectivity index (χ1n) is 7.74. The number of hydrogen-bond acceptors (Lipinski definition) is 4. The lowest BCUT2D eigenvalue weighted by Crippen LogP contribution is -2.27. The van der Waals surface area contributed by atoms with Crippen LogP contribution in [0.2, 0.25) is 5.02 Å². The second kappa shape index (κ2) is 8.70. The first-order chi connectivity index (χ1) is 11.1. The quantitative estimate of drug-likeness (QED) is 0.776. The van der Waals surface area contributed by atoms with E-state index in [1.165, 1.54) is 0 Å². The molecule has 1 aromatic carbocycles. The average Bonchev–Trinajstić information content (AvgIpc) is 3.02. The molecular weight excluding hydrogens is 316 g/mol. The van der Waals surface area contributed by atoms with Crippen LogP contribution < -0.4 is 5.32 Å². The SMILES string of the molecule is CCC(O)CCNC(=O)CCc1ncc(-c2ccc(Cl)cc2)o1. The van der Waals surface area contributed by atoms with Crippen molar-refractivity contribution in [3.63, 3.8) is 0 Å². The molecule has 2 rings (SSSR count). The molecule has 0 aliphatic carbocycles. The molecule has 0 aliphatic rings. The molecular formula is C17H21ClN2O3. The minimum Gasteiger partial charge on any atom is -0.441 e. The van der Waals surface area contributed by atoms with E-state index in [2.05, 4.69) is 10.3 Å². The summed E-state index contributed by atoms with van der Waals surface area (Å²) < 4.78 is 5.65. The van der Waals surface area contributed by atoms with Crippen molar-refractivity contribution in [2.24, 2.45) is 0 Å². The van der Waals surface area contributed by atoms with E-state index >= 15 is 0 Å². The van der Waals surface area contributed by atoms with Gasteiger partial charge < -0.3 is 14.8 Å². The molecule has 5 nitrogen and oxygen atoms in total. The fourth-order valence-electron chi connectivity index (χ4n) is 2.06. The van der Waals surface area contributed by atoms with Gasteiger partial charge in [-0.3, -0.25) is 4.79 Å². The fourth-order valence-corrected chi connectivity index (χ4v) is 2.19. The molecule has 23 heavy (non-hydrogen) atoms. The Morgan fingerprint density at radius 2 is 2.13 bits per heavy atom. The highest BCUT2D eigenvalue weighted by Gasteiger charge is 2.09. The van der Waals surface area contributed by atoms with Crippen molar-refractivity contribution in [2.45, 2.75) is 38.7 Å². The first kappa shape index (κ1) is 17.5. The minimum absolute atomic E-state index is 0.0699. The van der Waals surface area contributed by atoms with Crippen LogP contribution in [-0.4, -0.2) is 28.6 Å². The van der Waals surface area contributed by atoms with Gasteiger partial charge in [-0.25, -0.2) is 4.98 Å². The van der Waals surface area contributed by atoms with E-state index in [9.17, 15) is 9.90 Å². The number of benzene rings is 1. The van der Waals surface area contributed by atoms with Gasteiger partial charge in [0.2, 0.25) is 5.91 Å². The van der Waals surface area contributed by atoms with Gasteiger partial charge in [0.15, 0.2) is 11.7 Å². The molecule has 0 saturated heterocycles. The Morgan fingerprint density at radius 1 is 1.39 bits per heavy atom. The summed E-state index contributed by atoms with van der Waals surface area (Å²) >= 11 is 5.85. The molecule has 1 amide bonds. The fraction of sp³-hybridized carbons (Fsp3) is 0.412. The van der Waals surface area contributed by atoms with Gasteiger partial charge >= 0.3 is 0 Å². The van der Waals surface area contributed by atoms with Crippen molar-refractivity contribution in [1.82, 2.24) is 10.3 Å². The molecule has 0 radical (unpaired) electrons. The molecule has 0 spiro atoms. The van der Waals surface area contributed by atoms with Crippen molar-refractivity contribution in [2.75, 3.05) is 6.54 Å². The standard InChI is InChI=1S/C17H21ClN2O3/c1-2-14(21)9-10-19-16(22)7-8-17-20-11-15(23-17)12-3-5-13(18)6-4-12/h3-6,11,14,21H,2,7-10H2,1H3,(H,19,22). The van der Waals surface area contributed by atoms with E-state index in [1.807, 2.05) is 19.1 Å². The maximum Gasteiger partial charge on any atom is 0.220 e. The van der Waals surface area contributed by atoms with E-state index in [4.69, 9.17) is 16.0 Å². The van der Waals surface area contributed by atoms with Crippen LogP contribution in [0.4, 0.5) is 0 Å². The van der Waals surface area contributed by atoms with Crippen LogP contribution in [0.5, 0.6) is 0 Å². The number of halogens is 1. The molecule has 1 unspecified atom stereocenters. The Bertz CT molecular complexity index is 625. The number of nitrogens with zero attached hydrogens (tertiary/aromatic N) is 1. The number of aliphatic hydroxyl groups excluding tert-OH is 1. The number of aryl methyl sites for hydroxylation is 1. The van der Waals surface area contributed by atoms with Crippen molar-refractivity contribution in [1.29, 1.82) is 0 Å². The molecule has 2 aromatic rings. The lowest BCUT2D eigenvalue weighted by atomic mass is 10.2. The van der Waals surface area contributed by atoms with E-state index in [0.29, 0.717) is 48.9 Å². The summed E-state index contributed by atoms with van der Waals surface area (Å²) in [5.74, 6) is 1.11. The molecule has 1 heterocycles. The molecule has 1 atom stereocenters. The Labute approximate surface area is 140 Å². The summed E-state index contributed by atoms with van der Waals surface area (Å²) in [6.07, 6.45) is 3.30. The summed E-state index contributed by atoms with van der Waals surface area (Å²) in [7, 11) is 0. The third-order valence-electron chi connectivity index (χ3n) is 3.52. The van der Waals surface area contributed by atoms with Gasteiger partial charge in [-0.1, -0.05) is 18.5 Å². The van der Waals surface area contributed by atoms with Crippen LogP contribution in [0.15, 0.2) is 34.9 Å². The zero-order chi connectivity index (χ0) is 16.7. The maximum absolute atomic E-state index is 11.7. The van der Waals surface area contributed by atoms with E-state index in [0.717, 1.165) is 5.56 Å². The molecule has 0 fully saturated rings. The van der Waals surface area contributed by atoms with Gasteiger partial charge in [-0.2, -0.15) is 0 Å². The van der Waals surface area contributed by atoms with Crippen molar-refractivity contribution in [3.8, 4) is 11.3 Å². The number of rotatable bonds is 8. The summed E-state index contributed by atoms with van der Waals surface area (Å²) in [5, 5.41) is 12.9. The third-order valence-corrected chi connectivity index (χ3v) is 3.77. The van der Waals surface area contributed by atoms with Gasteiger partial charge in [-0.05, 0) is 37.1 Å². The highest BCUT2D eigenvalue weighted by Crippen LogP contribution is 2.22. The predicted octanol–water partition coefficient (Wildman–Crippen LogP) is 3.20. The molecule has 0 aliphatic heterocycles. The first-order valence-corrected chi connectivity index (χ1v) is 8.11. The van der Waals surface area contributed by atoms with Crippen molar-refractivity contribution >= 4 is 17.5 Å². The molecule has 124 valence electrons. The van der Waals surface area contributed by atoms with E-state index in [-0.39, 0.29) is 12.0 Å². The van der Waals surface area contributed by atoms with E-state index < -0.39 is 0 Å². The second-order valence-corrected chi connectivity index (χ2v) is 5.76. The smallest absolute Gasteiger partial charge is 0.220 e. The van der Waals surface area contributed by atoms with Crippen LogP contribution in [-0.2, 0) is 11.2 Å². The Kier molecular flexibility index (Phi) is 6.62. The molecule has 6 heteroatoms. The van der Waals surface area contributed by atoms with Gasteiger partial charge in [0.1, 0.15) is 0 Å². The summed E-state index contributed by atoms with van der Waals surface area (Å²) in [6.45, 7) is 2.39. The highest BCUT2D eigenvalue weighted by atomic mass is 35.5. The largest absolute Gasteiger partial charge is 0.441 e. The number of aliphatic hydroxyl groups is 1. The summed E-state index contributed by atoms with van der Waals surface area (Å²) in [6, 6.07) is 7.30. The number of hydrogen-bond donors (Lipinski definition) is 2. The Hall–Kier alpha value is -1.85. The number of carbonyl (C=O) groups is 1. The predicted molar refractivity (Wildman–Crippen MR) is 89.2 cm³/mol. The Morgan fingerprint density at radius 3 is 2.83 bits per heavy atom. The number of aromatic nitrogens is 1. The number of carbonyl (C=O) groups excluding carboxylic acids is 1. The van der Waals surface area contributed by atoms with Crippen molar-refractivity contribution < 1.29 is 14.3 Å². The lowest BCUT2D eigenvalue weighted by molar-refractivity contribution is -0.121. The minimum atomic E-state index is -0.357. The van der Waals surface area contributed by atoms with Crippen LogP contribution in [0.1, 0.15) is 32.1 Å². The molecule has 0 bridgehead atoms. The van der Waals surface area contributed by atoms with Crippen LogP contribution in [0.3, 0.4) is 0 Å². The topological polar surface area (TPSA) is 75.4 Å². The number of oxazole rings is 1. The van der Waals surface area contributed by atoms with Gasteiger partial charge in [0.05, 0.1) is 12.3 Å². The van der Waals surface area contributed by atoms with Crippen LogP contribution in [0, 0.1) is 0 Å². The zero-order valence-electron chi connectivity index (χ0n) is 13.1. The van der Waals surface area contributed by atoms with Crippen LogP contribution >= 0.6 is 11.6 Å². The third kappa shape index (κ3) is 5.69. The lowest BCUT2D eigenvalue weighted by Gasteiger charge is -2.08. The van der Waals surface area contributed by atoms with Crippen LogP contribution in [0.25, 0.3) is 11.3 Å². The van der Waals surface area contributed by atoms with Gasteiger partial charge in [-0.15, -0.1) is 0 Å². The van der Waals surface area contributed by atoms with Gasteiger partial charge in [0, 0.05) is 30.0 Å². The van der Waals surface area contributed by atoms with Gasteiger partial charge in [0.25, 0.3) is 0 Å². The summed E-state index contributed by atoms with van der Waals surface area (Å²) in [5.41, 5.74) is 0.895. The average molecular weight is 337 g/mol. The Balaban J connectivity index is 1.78. The summed E-state index contributed by atoms with van der Waals surface area (Å²) in [4.78, 5) is 15.9. The van der Waals surface area contributed by atoms with E-state index in [1.54, 1.807) is 18.3 Å². The zero-order valence-corrected chi connectivity index (χ0v) is 13.8. The number of nitrogens with one attached hydrogen (secondary N) is 1. The molecule has 1 aromatic heterocycles. The highest BCUT2D eigenvalue weighted by molar-refractivity contribution is 6.30. The molecule has 0 saturated carbocycles. The number of amides is 1. The normalized spacial score (nSPS) is 12.1. The molecule has 2 N–H and O–H groups in total. The maximum atomic E-state index is 11.7. The monoisotopic (exact) mass is 336 g/mol.